The average molecular weight is 585 g/mol. The predicted molar refractivity (Wildman–Crippen MR) is 160 cm³/mol. The number of furan rings is 1. The van der Waals surface area contributed by atoms with Crippen molar-refractivity contribution in [1.82, 2.24) is 4.98 Å². The summed E-state index contributed by atoms with van der Waals surface area (Å²) in [6.45, 7) is 6.51. The molecule has 1 N–H and O–H groups in total. The van der Waals surface area contributed by atoms with E-state index in [1.807, 2.05) is 39.0 Å². The highest BCUT2D eigenvalue weighted by molar-refractivity contribution is 7.22. The molecule has 214 valence electrons. The maximum Gasteiger partial charge on any atom is 0.296 e. The molecule has 0 fully saturated rings. The maximum absolute atomic E-state index is 14.1. The lowest BCUT2D eigenvalue weighted by molar-refractivity contribution is -0.117. The Bertz CT molecular complexity index is 1890. The topological polar surface area (TPSA) is 111 Å². The number of aromatic nitrogens is 1. The third-order valence-electron chi connectivity index (χ3n) is 7.03. The van der Waals surface area contributed by atoms with E-state index in [-0.39, 0.29) is 11.3 Å². The van der Waals surface area contributed by atoms with Gasteiger partial charge in [0.05, 0.1) is 42.2 Å². The molecule has 6 rings (SSSR count). The van der Waals surface area contributed by atoms with Gasteiger partial charge in [0.2, 0.25) is 5.78 Å². The molecule has 1 aliphatic rings. The first kappa shape index (κ1) is 27.3. The summed E-state index contributed by atoms with van der Waals surface area (Å²) < 4.78 is 23.8. The number of hydrogen-bond acceptors (Lipinski definition) is 9. The smallest absolute Gasteiger partial charge is 0.296 e. The van der Waals surface area contributed by atoms with Gasteiger partial charge in [0.15, 0.2) is 39.5 Å². The molecule has 0 saturated carbocycles. The van der Waals surface area contributed by atoms with Gasteiger partial charge in [0.1, 0.15) is 0 Å². The highest BCUT2D eigenvalue weighted by Crippen LogP contribution is 2.46. The third kappa shape index (κ3) is 4.53. The fourth-order valence-corrected chi connectivity index (χ4v) is 6.24. The summed E-state index contributed by atoms with van der Waals surface area (Å²) >= 11 is 1.31. The molecule has 1 amide bonds. The number of aliphatic hydroxyl groups is 1. The molecule has 3 aromatic carbocycles. The Morgan fingerprint density at radius 3 is 2.57 bits per heavy atom. The third-order valence-corrected chi connectivity index (χ3v) is 8.04. The summed E-state index contributed by atoms with van der Waals surface area (Å²) in [6.07, 6.45) is 0. The molecule has 1 unspecified atom stereocenters. The van der Waals surface area contributed by atoms with Crippen molar-refractivity contribution in [3.05, 3.63) is 88.9 Å². The number of carbonyl (C=O) groups is 2. The van der Waals surface area contributed by atoms with Crippen LogP contribution < -0.4 is 19.1 Å². The number of para-hydroxylation sites is 1. The summed E-state index contributed by atoms with van der Waals surface area (Å²) in [4.78, 5) is 33.9. The van der Waals surface area contributed by atoms with E-state index < -0.39 is 23.5 Å². The number of rotatable bonds is 9. The van der Waals surface area contributed by atoms with Crippen LogP contribution in [-0.4, -0.2) is 42.1 Å². The SMILES string of the molecule is CCOc1ccc(C2C(C(=O)c3cc4cccc(OC)c4o3)=C(O)C(=O)N2c2nc3ccc(C)cc3s2)cc1OCC. The zero-order valence-corrected chi connectivity index (χ0v) is 24.3. The Hall–Kier alpha value is -4.83. The van der Waals surface area contributed by atoms with Crippen LogP contribution in [0.25, 0.3) is 21.2 Å². The number of Topliss-reactive ketones (excluding diaryl/α,β-unsaturated/α-hetero) is 1. The van der Waals surface area contributed by atoms with Crippen molar-refractivity contribution in [3.63, 3.8) is 0 Å². The Labute approximate surface area is 245 Å². The van der Waals surface area contributed by atoms with E-state index in [1.165, 1.54) is 23.3 Å². The second-order valence-corrected chi connectivity index (χ2v) is 10.7. The molecule has 0 aliphatic carbocycles. The van der Waals surface area contributed by atoms with Gasteiger partial charge in [-0.1, -0.05) is 35.6 Å². The summed E-state index contributed by atoms with van der Waals surface area (Å²) in [5.41, 5.74) is 2.55. The molecule has 42 heavy (non-hydrogen) atoms. The van der Waals surface area contributed by atoms with Crippen molar-refractivity contribution < 1.29 is 33.3 Å². The number of hydrogen-bond donors (Lipinski definition) is 1. The number of ether oxygens (including phenoxy) is 3. The summed E-state index contributed by atoms with van der Waals surface area (Å²) in [5, 5.41) is 12.3. The van der Waals surface area contributed by atoms with Crippen LogP contribution in [0, 0.1) is 6.92 Å². The van der Waals surface area contributed by atoms with Gasteiger partial charge >= 0.3 is 0 Å². The van der Waals surface area contributed by atoms with Crippen LogP contribution in [0.4, 0.5) is 5.13 Å². The van der Waals surface area contributed by atoms with E-state index in [2.05, 4.69) is 0 Å². The van der Waals surface area contributed by atoms with E-state index in [4.69, 9.17) is 23.6 Å². The summed E-state index contributed by atoms with van der Waals surface area (Å²) in [6, 6.07) is 16.9. The molecule has 1 aliphatic heterocycles. The monoisotopic (exact) mass is 584 g/mol. The molecule has 3 heterocycles. The van der Waals surface area contributed by atoms with E-state index >= 15 is 0 Å². The van der Waals surface area contributed by atoms with Crippen molar-refractivity contribution in [2.45, 2.75) is 26.8 Å². The lowest BCUT2D eigenvalue weighted by Gasteiger charge is -2.25. The largest absolute Gasteiger partial charge is 0.503 e. The lowest BCUT2D eigenvalue weighted by atomic mass is 9.95. The molecule has 2 aromatic heterocycles. The molecule has 0 bridgehead atoms. The van der Waals surface area contributed by atoms with Gasteiger partial charge in [0, 0.05) is 5.39 Å². The first-order chi connectivity index (χ1) is 20.3. The first-order valence-electron chi connectivity index (χ1n) is 13.5. The minimum Gasteiger partial charge on any atom is -0.503 e. The van der Waals surface area contributed by atoms with Gasteiger partial charge < -0.3 is 23.7 Å². The zero-order valence-electron chi connectivity index (χ0n) is 23.5. The van der Waals surface area contributed by atoms with Crippen LogP contribution >= 0.6 is 11.3 Å². The van der Waals surface area contributed by atoms with Crippen molar-refractivity contribution in [2.24, 2.45) is 0 Å². The van der Waals surface area contributed by atoms with Crippen molar-refractivity contribution in [1.29, 1.82) is 0 Å². The van der Waals surface area contributed by atoms with E-state index in [0.29, 0.717) is 57.6 Å². The van der Waals surface area contributed by atoms with Crippen LogP contribution in [0.1, 0.15) is 41.6 Å². The fraction of sp³-hybridized carbons (Fsp3) is 0.219. The molecule has 0 saturated heterocycles. The highest BCUT2D eigenvalue weighted by Gasteiger charge is 2.47. The van der Waals surface area contributed by atoms with E-state index in [9.17, 15) is 14.7 Å². The summed E-state index contributed by atoms with van der Waals surface area (Å²) in [5.74, 6) is -0.625. The molecular weight excluding hydrogens is 556 g/mol. The van der Waals surface area contributed by atoms with Crippen LogP contribution in [0.2, 0.25) is 0 Å². The number of aryl methyl sites for hydroxylation is 1. The Morgan fingerprint density at radius 1 is 1.02 bits per heavy atom. The van der Waals surface area contributed by atoms with Crippen LogP contribution in [0.5, 0.6) is 17.2 Å². The number of aliphatic hydroxyl groups excluding tert-OH is 1. The number of thiazole rings is 1. The van der Waals surface area contributed by atoms with Crippen LogP contribution in [0.15, 0.2) is 76.4 Å². The maximum atomic E-state index is 14.1. The lowest BCUT2D eigenvalue weighted by Crippen LogP contribution is -2.31. The minimum atomic E-state index is -1.02. The predicted octanol–water partition coefficient (Wildman–Crippen LogP) is 6.94. The quantitative estimate of drug-likeness (QED) is 0.186. The number of fused-ring (bicyclic) bond motifs is 2. The molecular formula is C32H28N2O7S. The highest BCUT2D eigenvalue weighted by atomic mass is 32.1. The number of carbonyl (C=O) groups excluding carboxylic acids is 2. The normalized spacial score (nSPS) is 15.2. The Morgan fingerprint density at radius 2 is 1.81 bits per heavy atom. The number of ketones is 1. The zero-order chi connectivity index (χ0) is 29.5. The molecule has 1 atom stereocenters. The van der Waals surface area contributed by atoms with Crippen molar-refractivity contribution in [2.75, 3.05) is 25.2 Å². The number of nitrogens with zero attached hydrogens (tertiary/aromatic N) is 2. The Kier molecular flexibility index (Phi) is 7.07. The van der Waals surface area contributed by atoms with Crippen LogP contribution in [-0.2, 0) is 4.79 Å². The molecule has 9 nitrogen and oxygen atoms in total. The number of benzene rings is 3. The molecule has 0 spiro atoms. The fourth-order valence-electron chi connectivity index (χ4n) is 5.15. The standard InChI is InChI=1S/C32H28N2O7S/c1-5-39-21-13-11-18(15-23(21)40-6-2)27-26(28(35)24-16-19-8-7-9-22(38-4)30(19)41-24)29(36)31(37)34(27)32-33-20-12-10-17(3)14-25(20)42-32/h7-16,27,36H,5-6H2,1-4H3. The van der Waals surface area contributed by atoms with E-state index in [0.717, 1.165) is 10.3 Å². The number of anilines is 1. The number of amides is 1. The summed E-state index contributed by atoms with van der Waals surface area (Å²) in [7, 11) is 1.51. The van der Waals surface area contributed by atoms with Gasteiger partial charge in [-0.2, -0.15) is 0 Å². The van der Waals surface area contributed by atoms with E-state index in [1.54, 1.807) is 42.5 Å². The van der Waals surface area contributed by atoms with Gasteiger partial charge in [-0.15, -0.1) is 0 Å². The van der Waals surface area contributed by atoms with Crippen LogP contribution in [0.3, 0.4) is 0 Å². The van der Waals surface area contributed by atoms with Gasteiger partial charge in [-0.3, -0.25) is 14.5 Å². The first-order valence-corrected chi connectivity index (χ1v) is 14.3. The Balaban J connectivity index is 1.52. The average Bonchev–Trinajstić information content (AvgIpc) is 3.67. The molecule has 10 heteroatoms. The molecule has 5 aromatic rings. The van der Waals surface area contributed by atoms with Crippen molar-refractivity contribution in [3.8, 4) is 17.2 Å². The minimum absolute atomic E-state index is 0.0356. The second-order valence-electron chi connectivity index (χ2n) is 9.70. The molecule has 0 radical (unpaired) electrons. The van der Waals surface area contributed by atoms with Gasteiger partial charge in [-0.25, -0.2) is 4.98 Å². The van der Waals surface area contributed by atoms with Crippen molar-refractivity contribution >= 4 is 49.3 Å². The van der Waals surface area contributed by atoms with Gasteiger partial charge in [-0.05, 0) is 68.3 Å². The number of methoxy groups -OCH3 is 1. The van der Waals surface area contributed by atoms with Gasteiger partial charge in [0.25, 0.3) is 5.91 Å². The second kappa shape index (κ2) is 10.9.